The maximum atomic E-state index is 11.8. The van der Waals surface area contributed by atoms with Crippen molar-refractivity contribution in [2.45, 2.75) is 53.4 Å². The molecule has 0 saturated carbocycles. The molecule has 0 radical (unpaired) electrons. The molecule has 0 aliphatic heterocycles. The van der Waals surface area contributed by atoms with Gasteiger partial charge in [0.1, 0.15) is 5.78 Å². The van der Waals surface area contributed by atoms with Crippen LogP contribution in [-0.4, -0.2) is 18.4 Å². The molecular formula is C12H22O3. The summed E-state index contributed by atoms with van der Waals surface area (Å²) in [6.07, 6.45) is 2.53. The minimum absolute atomic E-state index is 0.130. The highest BCUT2D eigenvalue weighted by molar-refractivity contribution is 5.79. The van der Waals surface area contributed by atoms with Crippen molar-refractivity contribution in [3.8, 4) is 0 Å². The van der Waals surface area contributed by atoms with Crippen LogP contribution in [0, 0.1) is 5.41 Å². The first-order chi connectivity index (χ1) is 7.02. The second kappa shape index (κ2) is 6.59. The third-order valence-electron chi connectivity index (χ3n) is 3.02. The lowest BCUT2D eigenvalue weighted by molar-refractivity contribution is -0.156. The van der Waals surface area contributed by atoms with Crippen molar-refractivity contribution >= 4 is 11.8 Å². The summed E-state index contributed by atoms with van der Waals surface area (Å²) in [5.41, 5.74) is -0.457. The number of carbonyl (C=O) groups excluding carboxylic acids is 2. The summed E-state index contributed by atoms with van der Waals surface area (Å²) in [5.74, 6) is -0.0261. The van der Waals surface area contributed by atoms with E-state index < -0.39 is 5.41 Å². The third kappa shape index (κ3) is 4.02. The van der Waals surface area contributed by atoms with E-state index >= 15 is 0 Å². The fraction of sp³-hybridized carbons (Fsp3) is 0.833. The van der Waals surface area contributed by atoms with Crippen molar-refractivity contribution in [3.63, 3.8) is 0 Å². The van der Waals surface area contributed by atoms with Gasteiger partial charge in [0.2, 0.25) is 0 Å². The summed E-state index contributed by atoms with van der Waals surface area (Å²) in [4.78, 5) is 22.8. The predicted molar refractivity (Wildman–Crippen MR) is 59.6 cm³/mol. The van der Waals surface area contributed by atoms with Crippen molar-refractivity contribution in [2.24, 2.45) is 5.41 Å². The van der Waals surface area contributed by atoms with E-state index in [0.717, 1.165) is 12.8 Å². The molecule has 15 heavy (non-hydrogen) atoms. The molecule has 0 rings (SSSR count). The van der Waals surface area contributed by atoms with Crippen LogP contribution in [0.2, 0.25) is 0 Å². The first-order valence-electron chi connectivity index (χ1n) is 5.69. The van der Waals surface area contributed by atoms with Gasteiger partial charge in [-0.1, -0.05) is 13.8 Å². The topological polar surface area (TPSA) is 43.4 Å². The van der Waals surface area contributed by atoms with Gasteiger partial charge in [-0.25, -0.2) is 0 Å². The van der Waals surface area contributed by atoms with E-state index in [0.29, 0.717) is 19.4 Å². The Balaban J connectivity index is 4.55. The van der Waals surface area contributed by atoms with Crippen molar-refractivity contribution in [2.75, 3.05) is 6.61 Å². The molecule has 0 spiro atoms. The zero-order chi connectivity index (χ0) is 11.9. The highest BCUT2D eigenvalue weighted by Gasteiger charge is 2.36. The average Bonchev–Trinajstić information content (AvgIpc) is 2.20. The monoisotopic (exact) mass is 214 g/mol. The zero-order valence-electron chi connectivity index (χ0n) is 10.3. The smallest absolute Gasteiger partial charge is 0.312 e. The van der Waals surface area contributed by atoms with Crippen molar-refractivity contribution < 1.29 is 14.3 Å². The van der Waals surface area contributed by atoms with E-state index in [4.69, 9.17) is 4.74 Å². The minimum Gasteiger partial charge on any atom is -0.466 e. The molecule has 3 heteroatoms. The molecule has 0 aliphatic carbocycles. The standard InChI is InChI=1S/C12H22O3/c1-5-12(6-2,9-8-10(4)13)11(14)15-7-3/h5-9H2,1-4H3. The van der Waals surface area contributed by atoms with Crippen LogP contribution in [0.5, 0.6) is 0 Å². The number of carbonyl (C=O) groups is 2. The number of ether oxygens (including phenoxy) is 1. The van der Waals surface area contributed by atoms with Gasteiger partial charge in [0.05, 0.1) is 12.0 Å². The SMILES string of the molecule is CCOC(=O)C(CC)(CC)CCC(C)=O. The fourth-order valence-corrected chi connectivity index (χ4v) is 1.69. The van der Waals surface area contributed by atoms with E-state index in [1.54, 1.807) is 13.8 Å². The Hall–Kier alpha value is -0.860. The second-order valence-electron chi connectivity index (χ2n) is 3.91. The second-order valence-corrected chi connectivity index (χ2v) is 3.91. The summed E-state index contributed by atoms with van der Waals surface area (Å²) in [6, 6.07) is 0. The molecule has 0 aromatic rings. The van der Waals surface area contributed by atoms with Gasteiger partial charge in [0.15, 0.2) is 0 Å². The first-order valence-corrected chi connectivity index (χ1v) is 5.69. The Bertz CT molecular complexity index is 217. The van der Waals surface area contributed by atoms with Gasteiger partial charge < -0.3 is 9.53 Å². The molecule has 0 saturated heterocycles. The number of esters is 1. The van der Waals surface area contributed by atoms with E-state index in [2.05, 4.69) is 0 Å². The quantitative estimate of drug-likeness (QED) is 0.612. The molecular weight excluding hydrogens is 192 g/mol. The molecule has 0 bridgehead atoms. The van der Waals surface area contributed by atoms with Crippen molar-refractivity contribution in [1.29, 1.82) is 0 Å². The molecule has 0 atom stereocenters. The van der Waals surface area contributed by atoms with Crippen LogP contribution in [0.3, 0.4) is 0 Å². The Labute approximate surface area is 92.2 Å². The van der Waals surface area contributed by atoms with Gasteiger partial charge >= 0.3 is 5.97 Å². The van der Waals surface area contributed by atoms with Gasteiger partial charge in [0.25, 0.3) is 0 Å². The van der Waals surface area contributed by atoms with Gasteiger partial charge in [-0.05, 0) is 33.1 Å². The van der Waals surface area contributed by atoms with Crippen LogP contribution >= 0.6 is 0 Å². The van der Waals surface area contributed by atoms with Gasteiger partial charge in [-0.2, -0.15) is 0 Å². The molecule has 3 nitrogen and oxygen atoms in total. The van der Waals surface area contributed by atoms with Crippen molar-refractivity contribution in [3.05, 3.63) is 0 Å². The molecule has 0 aromatic heterocycles. The average molecular weight is 214 g/mol. The highest BCUT2D eigenvalue weighted by Crippen LogP contribution is 2.33. The lowest BCUT2D eigenvalue weighted by Crippen LogP contribution is -2.32. The number of ketones is 1. The Kier molecular flexibility index (Phi) is 6.21. The van der Waals surface area contributed by atoms with E-state index in [-0.39, 0.29) is 11.8 Å². The lowest BCUT2D eigenvalue weighted by atomic mass is 9.78. The Morgan fingerprint density at radius 2 is 1.67 bits per heavy atom. The number of hydrogen-bond donors (Lipinski definition) is 0. The molecule has 0 unspecified atom stereocenters. The van der Waals surface area contributed by atoms with E-state index in [1.807, 2.05) is 13.8 Å². The summed E-state index contributed by atoms with van der Waals surface area (Å²) in [7, 11) is 0. The summed E-state index contributed by atoms with van der Waals surface area (Å²) in [5, 5.41) is 0. The van der Waals surface area contributed by atoms with E-state index in [9.17, 15) is 9.59 Å². The van der Waals surface area contributed by atoms with Gasteiger partial charge in [-0.3, -0.25) is 4.79 Å². The van der Waals surface area contributed by atoms with Crippen LogP contribution in [0.25, 0.3) is 0 Å². The first kappa shape index (κ1) is 14.1. The molecule has 0 heterocycles. The molecule has 0 aromatic carbocycles. The largest absolute Gasteiger partial charge is 0.466 e. The molecule has 0 fully saturated rings. The molecule has 88 valence electrons. The highest BCUT2D eigenvalue weighted by atomic mass is 16.5. The maximum Gasteiger partial charge on any atom is 0.312 e. The number of rotatable bonds is 7. The van der Waals surface area contributed by atoms with E-state index in [1.165, 1.54) is 0 Å². The summed E-state index contributed by atoms with van der Waals surface area (Å²) in [6.45, 7) is 7.71. The predicted octanol–water partition coefficient (Wildman–Crippen LogP) is 2.73. The van der Waals surface area contributed by atoms with Crippen LogP contribution in [0.1, 0.15) is 53.4 Å². The summed E-state index contributed by atoms with van der Waals surface area (Å²) >= 11 is 0. The van der Waals surface area contributed by atoms with Gasteiger partial charge in [0, 0.05) is 6.42 Å². The fourth-order valence-electron chi connectivity index (χ4n) is 1.69. The molecule has 0 aliphatic rings. The van der Waals surface area contributed by atoms with Crippen LogP contribution in [0.15, 0.2) is 0 Å². The van der Waals surface area contributed by atoms with Gasteiger partial charge in [-0.15, -0.1) is 0 Å². The van der Waals surface area contributed by atoms with Crippen LogP contribution in [-0.2, 0) is 14.3 Å². The Morgan fingerprint density at radius 1 is 1.13 bits per heavy atom. The maximum absolute atomic E-state index is 11.8. The molecule has 0 N–H and O–H groups in total. The zero-order valence-corrected chi connectivity index (χ0v) is 10.3. The van der Waals surface area contributed by atoms with Crippen LogP contribution < -0.4 is 0 Å². The number of Topliss-reactive ketones (excluding diaryl/α,β-unsaturated/α-hetero) is 1. The van der Waals surface area contributed by atoms with Crippen LogP contribution in [0.4, 0.5) is 0 Å². The molecule has 0 amide bonds. The normalized spacial score (nSPS) is 11.2. The van der Waals surface area contributed by atoms with Crippen molar-refractivity contribution in [1.82, 2.24) is 0 Å². The summed E-state index contributed by atoms with van der Waals surface area (Å²) < 4.78 is 5.07. The minimum atomic E-state index is -0.457. The number of hydrogen-bond acceptors (Lipinski definition) is 3. The third-order valence-corrected chi connectivity index (χ3v) is 3.02. The lowest BCUT2D eigenvalue weighted by Gasteiger charge is -2.28. The Morgan fingerprint density at radius 3 is 2.00 bits per heavy atom.